The fourth-order valence-corrected chi connectivity index (χ4v) is 2.73. The van der Waals surface area contributed by atoms with Gasteiger partial charge in [0.15, 0.2) is 0 Å². The van der Waals surface area contributed by atoms with Gasteiger partial charge in [-0.25, -0.2) is 4.39 Å². The lowest BCUT2D eigenvalue weighted by Gasteiger charge is -2.26. The maximum atomic E-state index is 13.0. The van der Waals surface area contributed by atoms with Crippen molar-refractivity contribution < 1.29 is 8.94 Å². The van der Waals surface area contributed by atoms with E-state index >= 15 is 0 Å². The van der Waals surface area contributed by atoms with Crippen LogP contribution in [0.2, 0.25) is 0 Å². The lowest BCUT2D eigenvalue weighted by atomic mass is 10.1. The van der Waals surface area contributed by atoms with Gasteiger partial charge >= 0.3 is 0 Å². The second-order valence-corrected chi connectivity index (χ2v) is 8.19. The highest BCUT2D eigenvalue weighted by Gasteiger charge is 2.28. The molecule has 0 saturated carbocycles. The van der Waals surface area contributed by atoms with Gasteiger partial charge in [-0.1, -0.05) is 22.0 Å². The van der Waals surface area contributed by atoms with Crippen LogP contribution in [0.5, 0.6) is 0 Å². The quantitative estimate of drug-likeness (QED) is 0.853. The highest BCUT2D eigenvalue weighted by atomic mass is 79.9. The van der Waals surface area contributed by atoms with E-state index < -0.39 is 11.4 Å². The average molecular weight is 336 g/mol. The van der Waals surface area contributed by atoms with E-state index in [1.54, 1.807) is 6.07 Å². The molecule has 0 saturated heterocycles. The maximum absolute atomic E-state index is 13.0. The predicted molar refractivity (Wildman–Crippen MR) is 78.3 cm³/mol. The molecular formula is C13H19BrFNOS. The number of nitrogens with one attached hydrogen (secondary N) is 1. The van der Waals surface area contributed by atoms with E-state index in [0.29, 0.717) is 6.42 Å². The summed E-state index contributed by atoms with van der Waals surface area (Å²) < 4.78 is 28.4. The van der Waals surface area contributed by atoms with Crippen LogP contribution in [0, 0.1) is 5.82 Å². The van der Waals surface area contributed by atoms with Crippen molar-refractivity contribution in [3.05, 3.63) is 34.1 Å². The molecule has 0 aromatic heterocycles. The fourth-order valence-electron chi connectivity index (χ4n) is 1.42. The van der Waals surface area contributed by atoms with Gasteiger partial charge in [0, 0.05) is 15.8 Å². The first-order chi connectivity index (χ1) is 8.20. The van der Waals surface area contributed by atoms with E-state index in [4.69, 9.17) is 0 Å². The van der Waals surface area contributed by atoms with Gasteiger partial charge in [-0.15, -0.1) is 4.72 Å². The Morgan fingerprint density at radius 3 is 2.56 bits per heavy atom. The van der Waals surface area contributed by atoms with Crippen molar-refractivity contribution in [2.24, 2.45) is 0 Å². The van der Waals surface area contributed by atoms with Crippen LogP contribution in [0.4, 0.5) is 4.39 Å². The Labute approximate surface area is 120 Å². The van der Waals surface area contributed by atoms with Crippen LogP contribution in [0.15, 0.2) is 22.7 Å². The molecule has 2 nitrogen and oxygen atoms in total. The summed E-state index contributed by atoms with van der Waals surface area (Å²) in [4.78, 5) is 0. The van der Waals surface area contributed by atoms with Crippen LogP contribution in [0.25, 0.3) is 0 Å². The van der Waals surface area contributed by atoms with Crippen LogP contribution in [0.3, 0.4) is 0 Å². The molecule has 0 unspecified atom stereocenters. The van der Waals surface area contributed by atoms with Crippen molar-refractivity contribution in [3.63, 3.8) is 0 Å². The van der Waals surface area contributed by atoms with Crippen molar-refractivity contribution in [2.75, 3.05) is 0 Å². The third kappa shape index (κ3) is 4.88. The maximum Gasteiger partial charge on any atom is 0.136 e. The molecule has 1 rings (SSSR count). The van der Waals surface area contributed by atoms with Crippen molar-refractivity contribution in [1.29, 1.82) is 0 Å². The summed E-state index contributed by atoms with van der Waals surface area (Å²) in [6.07, 6.45) is 0.697. The zero-order valence-electron chi connectivity index (χ0n) is 11.1. The molecule has 1 aromatic carbocycles. The highest BCUT2D eigenvalue weighted by molar-refractivity contribution is 9.10. The van der Waals surface area contributed by atoms with Crippen LogP contribution >= 0.6 is 15.9 Å². The number of hydrogen-bond acceptors (Lipinski definition) is 2. The Balaban J connectivity index is 2.62. The Kier molecular flexibility index (Phi) is 5.65. The van der Waals surface area contributed by atoms with Crippen molar-refractivity contribution in [3.8, 4) is 0 Å². The molecule has 1 N–H and O–H groups in total. The second kappa shape index (κ2) is 6.37. The third-order valence-electron chi connectivity index (χ3n) is 2.41. The first-order valence-electron chi connectivity index (χ1n) is 5.82. The third-order valence-corrected chi connectivity index (χ3v) is 4.87. The van der Waals surface area contributed by atoms with E-state index in [1.165, 1.54) is 12.1 Å². The van der Waals surface area contributed by atoms with E-state index in [2.05, 4.69) is 20.7 Å². The number of rotatable bonds is 4. The minimum atomic E-state index is -1.09. The molecule has 0 fully saturated rings. The summed E-state index contributed by atoms with van der Waals surface area (Å²) in [7, 11) is 0. The van der Waals surface area contributed by atoms with Crippen LogP contribution in [-0.2, 0) is 17.8 Å². The minimum absolute atomic E-state index is 0.0619. The van der Waals surface area contributed by atoms with Gasteiger partial charge in [0.2, 0.25) is 0 Å². The molecule has 0 aliphatic heterocycles. The SMILES string of the molecule is C[C@H](Cc1ccc(F)cc1Br)N[S@+]([O-])C(C)(C)C. The molecule has 5 heteroatoms. The normalized spacial score (nSPS) is 15.5. The second-order valence-electron chi connectivity index (χ2n) is 5.34. The van der Waals surface area contributed by atoms with Gasteiger partial charge in [-0.2, -0.15) is 0 Å². The lowest BCUT2D eigenvalue weighted by Crippen LogP contribution is -2.44. The molecule has 0 spiro atoms. The van der Waals surface area contributed by atoms with E-state index in [1.807, 2.05) is 27.7 Å². The Hall–Kier alpha value is -0.100. The average Bonchev–Trinajstić information content (AvgIpc) is 2.20. The van der Waals surface area contributed by atoms with Crippen molar-refractivity contribution in [1.82, 2.24) is 4.72 Å². The van der Waals surface area contributed by atoms with Gasteiger partial charge < -0.3 is 4.55 Å². The smallest absolute Gasteiger partial charge is 0.136 e. The van der Waals surface area contributed by atoms with Crippen molar-refractivity contribution >= 4 is 27.3 Å². The molecule has 2 atom stereocenters. The summed E-state index contributed by atoms with van der Waals surface area (Å²) in [6, 6.07) is 4.69. The zero-order valence-corrected chi connectivity index (χ0v) is 13.5. The number of benzene rings is 1. The van der Waals surface area contributed by atoms with Crippen LogP contribution in [0.1, 0.15) is 33.3 Å². The van der Waals surface area contributed by atoms with Crippen molar-refractivity contribution in [2.45, 2.75) is 44.9 Å². The molecule has 0 amide bonds. The first-order valence-corrected chi connectivity index (χ1v) is 7.76. The van der Waals surface area contributed by atoms with Gasteiger partial charge in [0.1, 0.15) is 10.6 Å². The van der Waals surface area contributed by atoms with Gasteiger partial charge in [-0.05, 0) is 51.8 Å². The topological polar surface area (TPSA) is 35.1 Å². The molecule has 0 aliphatic rings. The Morgan fingerprint density at radius 1 is 1.44 bits per heavy atom. The summed E-state index contributed by atoms with van der Waals surface area (Å²) >= 11 is 2.25. The summed E-state index contributed by atoms with van der Waals surface area (Å²) in [5.74, 6) is -0.260. The van der Waals surface area contributed by atoms with Gasteiger partial charge in [0.05, 0.1) is 6.04 Å². The lowest BCUT2D eigenvalue weighted by molar-refractivity contribution is 0.525. The summed E-state index contributed by atoms with van der Waals surface area (Å²) in [6.45, 7) is 7.75. The summed E-state index contributed by atoms with van der Waals surface area (Å²) in [5, 5.41) is 0. The van der Waals surface area contributed by atoms with E-state index in [0.717, 1.165) is 10.0 Å². The standard InChI is InChI=1S/C13H19BrFNOS/c1-9(16-18(17)13(2,3)4)7-10-5-6-11(15)8-12(10)14/h5-6,8-9,16H,7H2,1-4H3/t9-,18-/m1/s1. The summed E-state index contributed by atoms with van der Waals surface area (Å²) in [5.41, 5.74) is 1.00. The molecule has 0 radical (unpaired) electrons. The van der Waals surface area contributed by atoms with Crippen LogP contribution < -0.4 is 4.72 Å². The van der Waals surface area contributed by atoms with Crippen LogP contribution in [-0.4, -0.2) is 15.3 Å². The predicted octanol–water partition coefficient (Wildman–Crippen LogP) is 3.57. The molecular weight excluding hydrogens is 317 g/mol. The molecule has 1 aromatic rings. The fraction of sp³-hybridized carbons (Fsp3) is 0.538. The molecule has 0 heterocycles. The Morgan fingerprint density at radius 2 is 2.06 bits per heavy atom. The molecule has 0 aliphatic carbocycles. The first kappa shape index (κ1) is 16.0. The number of hydrogen-bond donors (Lipinski definition) is 1. The molecule has 0 bridgehead atoms. The van der Waals surface area contributed by atoms with Gasteiger partial charge in [-0.3, -0.25) is 0 Å². The van der Waals surface area contributed by atoms with E-state index in [9.17, 15) is 8.94 Å². The minimum Gasteiger partial charge on any atom is -0.598 e. The molecule has 18 heavy (non-hydrogen) atoms. The van der Waals surface area contributed by atoms with E-state index in [-0.39, 0.29) is 16.6 Å². The van der Waals surface area contributed by atoms with Gasteiger partial charge in [0.25, 0.3) is 0 Å². The Bertz CT molecular complexity index is 408. The number of halogens is 2. The molecule has 102 valence electrons. The largest absolute Gasteiger partial charge is 0.598 e. The monoisotopic (exact) mass is 335 g/mol. The highest BCUT2D eigenvalue weighted by Crippen LogP contribution is 2.20. The zero-order chi connectivity index (χ0) is 13.9.